The van der Waals surface area contributed by atoms with Gasteiger partial charge in [0.25, 0.3) is 0 Å². The van der Waals surface area contributed by atoms with Crippen molar-refractivity contribution in [3.8, 4) is 5.75 Å². The van der Waals surface area contributed by atoms with Gasteiger partial charge in [-0.3, -0.25) is 9.59 Å². The molecule has 2 N–H and O–H groups in total. The topological polar surface area (TPSA) is 75.6 Å². The number of hydrogen-bond donors (Lipinski definition) is 2. The highest BCUT2D eigenvalue weighted by molar-refractivity contribution is 7.99. The molecule has 2 aromatic carbocycles. The van der Waals surface area contributed by atoms with Gasteiger partial charge >= 0.3 is 5.97 Å². The van der Waals surface area contributed by atoms with Gasteiger partial charge in [-0.25, -0.2) is 0 Å². The van der Waals surface area contributed by atoms with E-state index in [9.17, 15) is 9.59 Å². The lowest BCUT2D eigenvalue weighted by Gasteiger charge is -2.12. The molecule has 0 saturated heterocycles. The maximum atomic E-state index is 12.3. The summed E-state index contributed by atoms with van der Waals surface area (Å²) in [7, 11) is 1.62. The molecule has 5 nitrogen and oxygen atoms in total. The largest absolute Gasteiger partial charge is 0.496 e. The molecule has 1 saturated carbocycles. The van der Waals surface area contributed by atoms with Crippen LogP contribution in [-0.2, 0) is 9.59 Å². The number of ether oxygens (including phenoxy) is 1. The number of rotatable bonds is 9. The van der Waals surface area contributed by atoms with Gasteiger partial charge in [0.2, 0.25) is 5.91 Å². The summed E-state index contributed by atoms with van der Waals surface area (Å²) in [5.74, 6) is -0.294. The van der Waals surface area contributed by atoms with Crippen molar-refractivity contribution in [1.29, 1.82) is 0 Å². The predicted octanol–water partition coefficient (Wildman–Crippen LogP) is 5.24. The van der Waals surface area contributed by atoms with Gasteiger partial charge in [-0.1, -0.05) is 53.2 Å². The Bertz CT molecular complexity index is 922. The molecular formula is C21H21Cl2NO4S. The van der Waals surface area contributed by atoms with Crippen LogP contribution in [0, 0.1) is 5.92 Å². The number of carbonyl (C=O) groups excluding carboxylic acids is 1. The lowest BCUT2D eigenvalue weighted by atomic mass is 10.1. The van der Waals surface area contributed by atoms with Crippen LogP contribution in [-0.4, -0.2) is 30.6 Å². The molecule has 2 unspecified atom stereocenters. The Morgan fingerprint density at radius 3 is 2.66 bits per heavy atom. The fourth-order valence-electron chi connectivity index (χ4n) is 3.14. The second kappa shape index (κ2) is 9.74. The van der Waals surface area contributed by atoms with Crippen molar-refractivity contribution >= 4 is 46.8 Å². The Hall–Kier alpha value is -1.89. The van der Waals surface area contributed by atoms with Gasteiger partial charge in [-0.2, -0.15) is 0 Å². The predicted molar refractivity (Wildman–Crippen MR) is 114 cm³/mol. The van der Waals surface area contributed by atoms with Gasteiger partial charge in [-0.15, -0.1) is 0 Å². The Balaban J connectivity index is 1.64. The van der Waals surface area contributed by atoms with E-state index in [0.29, 0.717) is 29.4 Å². The number of carboxylic acids is 1. The first-order valence-corrected chi connectivity index (χ1v) is 10.8. The van der Waals surface area contributed by atoms with Crippen LogP contribution in [0.15, 0.2) is 46.2 Å². The van der Waals surface area contributed by atoms with Crippen molar-refractivity contribution in [3.05, 3.63) is 52.0 Å². The number of amides is 1. The Labute approximate surface area is 183 Å². The molecule has 2 atom stereocenters. The van der Waals surface area contributed by atoms with Crippen molar-refractivity contribution in [1.82, 2.24) is 5.32 Å². The zero-order chi connectivity index (χ0) is 21.0. The third kappa shape index (κ3) is 5.38. The molecule has 0 heterocycles. The normalized spacial score (nSPS) is 17.6. The van der Waals surface area contributed by atoms with Crippen LogP contribution < -0.4 is 10.1 Å². The summed E-state index contributed by atoms with van der Waals surface area (Å²) >= 11 is 14.5. The molecule has 154 valence electrons. The number of nitrogens with one attached hydrogen (secondary N) is 1. The zero-order valence-corrected chi connectivity index (χ0v) is 18.1. The quantitative estimate of drug-likeness (QED) is 0.507. The first-order valence-electron chi connectivity index (χ1n) is 9.20. The Kier molecular flexibility index (Phi) is 7.33. The molecule has 0 bridgehead atoms. The van der Waals surface area contributed by atoms with Gasteiger partial charge in [0, 0.05) is 23.8 Å². The van der Waals surface area contributed by atoms with E-state index >= 15 is 0 Å². The third-order valence-corrected chi connectivity index (χ3v) is 6.88. The molecular weight excluding hydrogens is 433 g/mol. The minimum Gasteiger partial charge on any atom is -0.496 e. The number of para-hydroxylation sites is 1. The molecule has 1 aliphatic carbocycles. The molecule has 0 radical (unpaired) electrons. The summed E-state index contributed by atoms with van der Waals surface area (Å²) in [6, 6.07) is 11.5. The van der Waals surface area contributed by atoms with Crippen LogP contribution in [0.5, 0.6) is 5.75 Å². The molecule has 0 aromatic heterocycles. The highest BCUT2D eigenvalue weighted by Gasteiger charge is 2.45. The van der Waals surface area contributed by atoms with Crippen LogP contribution in [0.25, 0.3) is 0 Å². The van der Waals surface area contributed by atoms with E-state index in [-0.39, 0.29) is 24.2 Å². The highest BCUT2D eigenvalue weighted by atomic mass is 35.5. The smallest absolute Gasteiger partial charge is 0.303 e. The van der Waals surface area contributed by atoms with Crippen LogP contribution in [0.4, 0.5) is 0 Å². The van der Waals surface area contributed by atoms with Crippen molar-refractivity contribution in [2.75, 3.05) is 13.7 Å². The van der Waals surface area contributed by atoms with Crippen molar-refractivity contribution in [3.63, 3.8) is 0 Å². The fraction of sp³-hybridized carbons (Fsp3) is 0.333. The molecule has 2 aromatic rings. The molecule has 29 heavy (non-hydrogen) atoms. The van der Waals surface area contributed by atoms with Crippen molar-refractivity contribution in [2.24, 2.45) is 5.92 Å². The number of methoxy groups -OCH3 is 1. The average Bonchev–Trinajstić information content (AvgIpc) is 3.49. The average molecular weight is 454 g/mol. The van der Waals surface area contributed by atoms with E-state index in [0.717, 1.165) is 21.1 Å². The molecule has 0 spiro atoms. The van der Waals surface area contributed by atoms with Crippen LogP contribution in [0.3, 0.4) is 0 Å². The molecule has 1 amide bonds. The van der Waals surface area contributed by atoms with E-state index < -0.39 is 5.97 Å². The lowest BCUT2D eigenvalue weighted by Crippen LogP contribution is -2.26. The molecule has 0 aliphatic heterocycles. The van der Waals surface area contributed by atoms with Gasteiger partial charge in [-0.05, 0) is 42.5 Å². The monoisotopic (exact) mass is 453 g/mol. The highest BCUT2D eigenvalue weighted by Crippen LogP contribution is 2.52. The standard InChI is InChI=1S/C21H21Cl2NO4S/c1-28-15-5-2-3-6-16(15)29-17-9-8-12(19(22)20(17)23)13-11-14(13)21(27)24-10-4-7-18(25)26/h2-3,5-6,8-9,13-14H,4,7,10-11H2,1H3,(H,24,27)(H,25,26). The van der Waals surface area contributed by atoms with E-state index in [1.165, 1.54) is 11.8 Å². The summed E-state index contributed by atoms with van der Waals surface area (Å²) in [6.45, 7) is 0.358. The Morgan fingerprint density at radius 1 is 1.17 bits per heavy atom. The minimum absolute atomic E-state index is 0.0322. The molecule has 3 rings (SSSR count). The zero-order valence-electron chi connectivity index (χ0n) is 15.8. The first kappa shape index (κ1) is 21.8. The van der Waals surface area contributed by atoms with E-state index in [2.05, 4.69) is 5.32 Å². The molecule has 1 fully saturated rings. The van der Waals surface area contributed by atoms with Crippen molar-refractivity contribution < 1.29 is 19.4 Å². The van der Waals surface area contributed by atoms with Crippen LogP contribution in [0.1, 0.15) is 30.7 Å². The lowest BCUT2D eigenvalue weighted by molar-refractivity contribution is -0.137. The minimum atomic E-state index is -0.865. The van der Waals surface area contributed by atoms with Crippen LogP contribution in [0.2, 0.25) is 10.0 Å². The number of benzene rings is 2. The SMILES string of the molecule is COc1ccccc1Sc1ccc(C2CC2C(=O)NCCCC(=O)O)c(Cl)c1Cl. The summed E-state index contributed by atoms with van der Waals surface area (Å²) in [4.78, 5) is 24.5. The number of aliphatic carboxylic acids is 1. The Morgan fingerprint density at radius 2 is 1.93 bits per heavy atom. The first-order chi connectivity index (χ1) is 13.9. The molecule has 8 heteroatoms. The number of halogens is 2. The van der Waals surface area contributed by atoms with Gasteiger partial charge in [0.05, 0.1) is 22.1 Å². The fourth-order valence-corrected chi connectivity index (χ4v) is 4.76. The van der Waals surface area contributed by atoms with Gasteiger partial charge in [0.15, 0.2) is 0 Å². The van der Waals surface area contributed by atoms with Gasteiger partial charge < -0.3 is 15.2 Å². The van der Waals surface area contributed by atoms with Gasteiger partial charge in [0.1, 0.15) is 5.75 Å². The second-order valence-corrected chi connectivity index (χ2v) is 8.61. The van der Waals surface area contributed by atoms with E-state index in [1.807, 2.05) is 36.4 Å². The summed E-state index contributed by atoms with van der Waals surface area (Å²) < 4.78 is 5.38. The summed E-state index contributed by atoms with van der Waals surface area (Å²) in [5, 5.41) is 12.4. The second-order valence-electron chi connectivity index (χ2n) is 6.77. The number of carboxylic acid groups (broad SMARTS) is 1. The van der Waals surface area contributed by atoms with E-state index in [1.54, 1.807) is 7.11 Å². The number of carbonyl (C=O) groups is 2. The van der Waals surface area contributed by atoms with E-state index in [4.69, 9.17) is 33.0 Å². The number of hydrogen-bond acceptors (Lipinski definition) is 4. The maximum absolute atomic E-state index is 12.3. The third-order valence-electron chi connectivity index (χ3n) is 4.76. The summed E-state index contributed by atoms with van der Waals surface area (Å²) in [5.41, 5.74) is 0.867. The van der Waals surface area contributed by atoms with Crippen LogP contribution >= 0.6 is 35.0 Å². The molecule has 1 aliphatic rings. The summed E-state index contributed by atoms with van der Waals surface area (Å²) in [6.07, 6.45) is 1.17. The van der Waals surface area contributed by atoms with Crippen molar-refractivity contribution in [2.45, 2.75) is 35.0 Å². The maximum Gasteiger partial charge on any atom is 0.303 e.